The monoisotopic (exact) mass is 125 g/mol. The van der Waals surface area contributed by atoms with E-state index < -0.39 is 5.72 Å². The Balaban J connectivity index is 2.70. The predicted octanol–water partition coefficient (Wildman–Crippen LogP) is 0.758. The topological polar surface area (TPSA) is 32.3 Å². The van der Waals surface area contributed by atoms with Crippen molar-refractivity contribution in [3.05, 3.63) is 23.9 Å². The Hall–Kier alpha value is -0.760. The van der Waals surface area contributed by atoms with E-state index >= 15 is 0 Å². The molecule has 0 aromatic heterocycles. The number of nitrogens with one attached hydrogen (secondary N) is 1. The maximum atomic E-state index is 9.25. The molecule has 0 amide bonds. The molecule has 1 heterocycles. The first kappa shape index (κ1) is 6.36. The van der Waals surface area contributed by atoms with Gasteiger partial charge in [0.1, 0.15) is 0 Å². The third kappa shape index (κ3) is 1.57. The van der Waals surface area contributed by atoms with E-state index in [0.717, 1.165) is 5.57 Å². The second-order valence-corrected chi connectivity index (χ2v) is 2.51. The minimum atomic E-state index is -0.848. The van der Waals surface area contributed by atoms with Crippen LogP contribution in [-0.2, 0) is 0 Å². The first-order valence-corrected chi connectivity index (χ1v) is 2.96. The molecule has 0 fully saturated rings. The summed E-state index contributed by atoms with van der Waals surface area (Å²) in [6.07, 6.45) is 5.40. The summed E-state index contributed by atoms with van der Waals surface area (Å²) >= 11 is 0. The largest absolute Gasteiger partial charge is 0.368 e. The molecular weight excluding hydrogens is 114 g/mol. The first-order chi connectivity index (χ1) is 4.10. The van der Waals surface area contributed by atoms with Crippen molar-refractivity contribution in [3.63, 3.8) is 0 Å². The van der Waals surface area contributed by atoms with Gasteiger partial charge in [-0.25, -0.2) is 0 Å². The van der Waals surface area contributed by atoms with Gasteiger partial charge in [-0.1, -0.05) is 6.08 Å². The fourth-order valence-corrected chi connectivity index (χ4v) is 0.650. The second-order valence-electron chi connectivity index (χ2n) is 2.51. The Labute approximate surface area is 54.9 Å². The van der Waals surface area contributed by atoms with Crippen LogP contribution >= 0.6 is 0 Å². The molecule has 0 aromatic rings. The van der Waals surface area contributed by atoms with E-state index in [0.29, 0.717) is 0 Å². The maximum Gasteiger partial charge on any atom is 0.151 e. The Bertz CT molecular complexity index is 168. The van der Waals surface area contributed by atoms with Crippen molar-refractivity contribution in [2.24, 2.45) is 0 Å². The summed E-state index contributed by atoms with van der Waals surface area (Å²) in [6.45, 7) is 3.67. The molecule has 2 N–H and O–H groups in total. The van der Waals surface area contributed by atoms with E-state index in [9.17, 15) is 5.11 Å². The van der Waals surface area contributed by atoms with E-state index in [2.05, 4.69) is 5.32 Å². The lowest BCUT2D eigenvalue weighted by atomic mass is 10.1. The summed E-state index contributed by atoms with van der Waals surface area (Å²) in [4.78, 5) is 0. The lowest BCUT2D eigenvalue weighted by Crippen LogP contribution is -2.37. The second kappa shape index (κ2) is 1.88. The van der Waals surface area contributed by atoms with Crippen LogP contribution < -0.4 is 5.32 Å². The maximum absolute atomic E-state index is 9.25. The average molecular weight is 125 g/mol. The fraction of sp³-hybridized carbons (Fsp3) is 0.429. The number of allylic oxidation sites excluding steroid dienone is 2. The zero-order valence-corrected chi connectivity index (χ0v) is 5.68. The highest BCUT2D eigenvalue weighted by molar-refractivity contribution is 5.23. The van der Waals surface area contributed by atoms with Crippen LogP contribution in [0.2, 0.25) is 0 Å². The molecule has 0 aromatic carbocycles. The molecule has 1 aliphatic heterocycles. The average Bonchev–Trinajstić information content (AvgIpc) is 1.78. The van der Waals surface area contributed by atoms with Gasteiger partial charge in [-0.15, -0.1) is 0 Å². The van der Waals surface area contributed by atoms with Crippen LogP contribution in [0.4, 0.5) is 0 Å². The van der Waals surface area contributed by atoms with Crippen LogP contribution in [-0.4, -0.2) is 10.8 Å². The van der Waals surface area contributed by atoms with Gasteiger partial charge in [0.15, 0.2) is 5.72 Å². The first-order valence-electron chi connectivity index (χ1n) is 2.96. The summed E-state index contributed by atoms with van der Waals surface area (Å²) in [5, 5.41) is 12.1. The fourth-order valence-electron chi connectivity index (χ4n) is 0.650. The van der Waals surface area contributed by atoms with Gasteiger partial charge in [-0.2, -0.15) is 0 Å². The molecule has 0 saturated heterocycles. The zero-order chi connectivity index (χ0) is 6.91. The Morgan fingerprint density at radius 1 is 1.67 bits per heavy atom. The van der Waals surface area contributed by atoms with E-state index in [1.54, 1.807) is 19.2 Å². The van der Waals surface area contributed by atoms with Crippen LogP contribution in [0.1, 0.15) is 13.8 Å². The van der Waals surface area contributed by atoms with Gasteiger partial charge in [-0.3, -0.25) is 0 Å². The lowest BCUT2D eigenvalue weighted by molar-refractivity contribution is 0.0877. The molecule has 0 spiro atoms. The molecule has 1 unspecified atom stereocenters. The van der Waals surface area contributed by atoms with Gasteiger partial charge in [-0.05, 0) is 25.5 Å². The SMILES string of the molecule is CC1=CNC(C)(O)C=C1. The zero-order valence-electron chi connectivity index (χ0n) is 5.68. The lowest BCUT2D eigenvalue weighted by Gasteiger charge is -2.22. The standard InChI is InChI=1S/C7H11NO/c1-6-3-4-7(2,9)8-5-6/h3-5,8-9H,1-2H3. The Kier molecular flexibility index (Phi) is 1.33. The Morgan fingerprint density at radius 3 is 2.67 bits per heavy atom. The van der Waals surface area contributed by atoms with Crippen LogP contribution in [0.5, 0.6) is 0 Å². The van der Waals surface area contributed by atoms with Crippen molar-refractivity contribution in [3.8, 4) is 0 Å². The van der Waals surface area contributed by atoms with E-state index in [1.165, 1.54) is 0 Å². The molecule has 0 radical (unpaired) electrons. The normalized spacial score (nSPS) is 33.4. The molecule has 2 heteroatoms. The molecule has 2 nitrogen and oxygen atoms in total. The molecule has 1 atom stereocenters. The van der Waals surface area contributed by atoms with Crippen molar-refractivity contribution in [2.45, 2.75) is 19.6 Å². The number of dihydropyridines is 1. The molecule has 1 aliphatic rings. The van der Waals surface area contributed by atoms with Crippen LogP contribution in [0.3, 0.4) is 0 Å². The highest BCUT2D eigenvalue weighted by Crippen LogP contribution is 2.08. The summed E-state index contributed by atoms with van der Waals surface area (Å²) in [5.41, 5.74) is 0.279. The number of aliphatic hydroxyl groups is 1. The van der Waals surface area contributed by atoms with E-state index in [4.69, 9.17) is 0 Å². The molecule has 9 heavy (non-hydrogen) atoms. The van der Waals surface area contributed by atoms with Crippen LogP contribution in [0, 0.1) is 0 Å². The van der Waals surface area contributed by atoms with Crippen molar-refractivity contribution >= 4 is 0 Å². The molecule has 0 aliphatic carbocycles. The summed E-state index contributed by atoms with van der Waals surface area (Å²) in [7, 11) is 0. The van der Waals surface area contributed by atoms with Gasteiger partial charge in [0.25, 0.3) is 0 Å². The summed E-state index contributed by atoms with van der Waals surface area (Å²) in [5.74, 6) is 0. The molecule has 1 rings (SSSR count). The van der Waals surface area contributed by atoms with Crippen LogP contribution in [0.25, 0.3) is 0 Å². The number of hydrogen-bond donors (Lipinski definition) is 2. The van der Waals surface area contributed by atoms with Crippen molar-refractivity contribution in [1.82, 2.24) is 5.32 Å². The van der Waals surface area contributed by atoms with Crippen molar-refractivity contribution in [1.29, 1.82) is 0 Å². The van der Waals surface area contributed by atoms with Gasteiger partial charge in [0, 0.05) is 6.20 Å². The molecule has 0 saturated carbocycles. The van der Waals surface area contributed by atoms with Gasteiger partial charge >= 0.3 is 0 Å². The minimum absolute atomic E-state index is 0.848. The molecule has 50 valence electrons. The van der Waals surface area contributed by atoms with Gasteiger partial charge in [0.2, 0.25) is 0 Å². The third-order valence-corrected chi connectivity index (χ3v) is 1.26. The molecular formula is C7H11NO. The van der Waals surface area contributed by atoms with Crippen molar-refractivity contribution < 1.29 is 5.11 Å². The highest BCUT2D eigenvalue weighted by atomic mass is 16.3. The summed E-state index contributed by atoms with van der Waals surface area (Å²) < 4.78 is 0. The van der Waals surface area contributed by atoms with E-state index in [-0.39, 0.29) is 0 Å². The quantitative estimate of drug-likeness (QED) is 0.501. The third-order valence-electron chi connectivity index (χ3n) is 1.26. The highest BCUT2D eigenvalue weighted by Gasteiger charge is 2.14. The van der Waals surface area contributed by atoms with Crippen LogP contribution in [0.15, 0.2) is 23.9 Å². The van der Waals surface area contributed by atoms with E-state index in [1.807, 2.05) is 13.0 Å². The smallest absolute Gasteiger partial charge is 0.151 e. The number of hydrogen-bond acceptors (Lipinski definition) is 2. The molecule has 0 bridgehead atoms. The number of rotatable bonds is 0. The Morgan fingerprint density at radius 2 is 2.33 bits per heavy atom. The minimum Gasteiger partial charge on any atom is -0.368 e. The van der Waals surface area contributed by atoms with Gasteiger partial charge in [0.05, 0.1) is 0 Å². The predicted molar refractivity (Wildman–Crippen MR) is 36.7 cm³/mol. The van der Waals surface area contributed by atoms with Gasteiger partial charge < -0.3 is 10.4 Å². The van der Waals surface area contributed by atoms with Crippen molar-refractivity contribution in [2.75, 3.05) is 0 Å². The summed E-state index contributed by atoms with van der Waals surface area (Å²) in [6, 6.07) is 0.